The average Bonchev–Trinajstić information content (AvgIpc) is 2.48. The summed E-state index contributed by atoms with van der Waals surface area (Å²) in [6, 6.07) is 9.42. The van der Waals surface area contributed by atoms with Gasteiger partial charge in [0, 0.05) is 17.2 Å². The minimum Gasteiger partial charge on any atom is -0.320 e. The van der Waals surface area contributed by atoms with Crippen LogP contribution < -0.4 is 11.1 Å². The van der Waals surface area contributed by atoms with Gasteiger partial charge in [-0.1, -0.05) is 11.8 Å². The Hall–Kier alpha value is -2.71. The summed E-state index contributed by atoms with van der Waals surface area (Å²) in [4.78, 5) is 11.9. The number of rotatable bonds is 2. The van der Waals surface area contributed by atoms with Gasteiger partial charge in [-0.05, 0) is 36.4 Å². The number of hydrogen-bond acceptors (Lipinski definition) is 2. The molecular formula is C16H12F2N2O. The maximum atomic E-state index is 13.4. The number of carbonyl (C=O) groups excluding carboxylic acids is 1. The summed E-state index contributed by atoms with van der Waals surface area (Å²) in [6.07, 6.45) is 0. The summed E-state index contributed by atoms with van der Waals surface area (Å²) < 4.78 is 26.2. The maximum Gasteiger partial charge on any atom is 0.255 e. The summed E-state index contributed by atoms with van der Waals surface area (Å²) in [5.74, 6) is 3.51. The fraction of sp³-hybridized carbons (Fsp3) is 0.0625. The van der Waals surface area contributed by atoms with Crippen molar-refractivity contribution in [1.82, 2.24) is 0 Å². The predicted octanol–water partition coefficient (Wildman–Crippen LogP) is 2.53. The molecule has 2 rings (SSSR count). The zero-order chi connectivity index (χ0) is 15.2. The molecule has 1 amide bonds. The molecule has 5 heteroatoms. The molecule has 0 aliphatic rings. The number of nitrogens with two attached hydrogens (primary N) is 1. The van der Waals surface area contributed by atoms with Gasteiger partial charge in [-0.25, -0.2) is 8.78 Å². The Morgan fingerprint density at radius 3 is 2.48 bits per heavy atom. The lowest BCUT2D eigenvalue weighted by Gasteiger charge is -2.06. The Balaban J connectivity index is 2.13. The number of anilines is 1. The summed E-state index contributed by atoms with van der Waals surface area (Å²) in [5, 5.41) is 2.38. The van der Waals surface area contributed by atoms with Gasteiger partial charge in [0.15, 0.2) is 0 Å². The SMILES string of the molecule is NCC#Cc1ccc(C(=O)Nc2ccc(F)cc2F)cc1. The number of hydrogen-bond donors (Lipinski definition) is 2. The molecule has 0 fully saturated rings. The Morgan fingerprint density at radius 2 is 1.86 bits per heavy atom. The second-order valence-corrected chi connectivity index (χ2v) is 4.16. The van der Waals surface area contributed by atoms with Crippen LogP contribution in [0.1, 0.15) is 15.9 Å². The highest BCUT2D eigenvalue weighted by Gasteiger charge is 2.09. The monoisotopic (exact) mass is 286 g/mol. The number of carbonyl (C=O) groups is 1. The Labute approximate surface area is 120 Å². The molecule has 0 atom stereocenters. The molecule has 0 saturated heterocycles. The van der Waals surface area contributed by atoms with Crippen LogP contribution in [0.3, 0.4) is 0 Å². The molecule has 3 N–H and O–H groups in total. The molecular weight excluding hydrogens is 274 g/mol. The second kappa shape index (κ2) is 6.64. The molecule has 0 saturated carbocycles. The van der Waals surface area contributed by atoms with E-state index in [4.69, 9.17) is 5.73 Å². The molecule has 3 nitrogen and oxygen atoms in total. The first-order valence-corrected chi connectivity index (χ1v) is 6.15. The van der Waals surface area contributed by atoms with Gasteiger partial charge in [0.25, 0.3) is 5.91 Å². The predicted molar refractivity (Wildman–Crippen MR) is 76.7 cm³/mol. The van der Waals surface area contributed by atoms with Crippen LogP contribution in [0.4, 0.5) is 14.5 Å². The Kier molecular flexibility index (Phi) is 4.64. The summed E-state index contributed by atoms with van der Waals surface area (Å²) in [6.45, 7) is 0.256. The van der Waals surface area contributed by atoms with E-state index in [9.17, 15) is 13.6 Å². The highest BCUT2D eigenvalue weighted by Crippen LogP contribution is 2.16. The summed E-state index contributed by atoms with van der Waals surface area (Å²) in [7, 11) is 0. The number of amides is 1. The summed E-state index contributed by atoms with van der Waals surface area (Å²) in [5.41, 5.74) is 6.26. The topological polar surface area (TPSA) is 55.1 Å². The van der Waals surface area contributed by atoms with E-state index >= 15 is 0 Å². The molecule has 0 aromatic heterocycles. The van der Waals surface area contributed by atoms with Gasteiger partial charge in [0.1, 0.15) is 11.6 Å². The highest BCUT2D eigenvalue weighted by molar-refractivity contribution is 6.04. The highest BCUT2D eigenvalue weighted by atomic mass is 19.1. The van der Waals surface area contributed by atoms with Gasteiger partial charge in [0.2, 0.25) is 0 Å². The van der Waals surface area contributed by atoms with E-state index in [0.717, 1.165) is 11.6 Å². The van der Waals surface area contributed by atoms with Crippen LogP contribution in [0.2, 0.25) is 0 Å². The van der Waals surface area contributed by atoms with Crippen molar-refractivity contribution in [1.29, 1.82) is 0 Å². The molecule has 0 aliphatic heterocycles. The molecule has 0 unspecified atom stereocenters. The zero-order valence-corrected chi connectivity index (χ0v) is 11.0. The minimum absolute atomic E-state index is 0.0756. The number of halogens is 2. The van der Waals surface area contributed by atoms with Crippen molar-refractivity contribution in [3.05, 3.63) is 65.2 Å². The van der Waals surface area contributed by atoms with Crippen LogP contribution >= 0.6 is 0 Å². The van der Waals surface area contributed by atoms with Crippen molar-refractivity contribution < 1.29 is 13.6 Å². The third kappa shape index (κ3) is 3.88. The van der Waals surface area contributed by atoms with Crippen LogP contribution in [-0.2, 0) is 0 Å². The molecule has 0 spiro atoms. The smallest absolute Gasteiger partial charge is 0.255 e. The van der Waals surface area contributed by atoms with Crippen LogP contribution in [-0.4, -0.2) is 12.5 Å². The average molecular weight is 286 g/mol. The number of nitrogens with one attached hydrogen (secondary N) is 1. The summed E-state index contributed by atoms with van der Waals surface area (Å²) >= 11 is 0. The van der Waals surface area contributed by atoms with E-state index in [2.05, 4.69) is 17.2 Å². The van der Waals surface area contributed by atoms with Crippen molar-refractivity contribution in [2.24, 2.45) is 5.73 Å². The van der Waals surface area contributed by atoms with Gasteiger partial charge in [0.05, 0.1) is 12.2 Å². The van der Waals surface area contributed by atoms with Gasteiger partial charge in [-0.3, -0.25) is 4.79 Å². The second-order valence-electron chi connectivity index (χ2n) is 4.16. The molecule has 2 aromatic rings. The Morgan fingerprint density at radius 1 is 1.14 bits per heavy atom. The first kappa shape index (κ1) is 14.7. The molecule has 106 valence electrons. The zero-order valence-electron chi connectivity index (χ0n) is 11.0. The van der Waals surface area contributed by atoms with E-state index in [1.807, 2.05) is 0 Å². The van der Waals surface area contributed by atoms with Crippen molar-refractivity contribution in [3.8, 4) is 11.8 Å². The number of benzene rings is 2. The molecule has 0 bridgehead atoms. The van der Waals surface area contributed by atoms with E-state index < -0.39 is 17.5 Å². The van der Waals surface area contributed by atoms with Gasteiger partial charge in [-0.15, -0.1) is 0 Å². The fourth-order valence-corrected chi connectivity index (χ4v) is 1.64. The lowest BCUT2D eigenvalue weighted by atomic mass is 10.1. The van der Waals surface area contributed by atoms with Crippen molar-refractivity contribution in [2.75, 3.05) is 11.9 Å². The van der Waals surface area contributed by atoms with E-state index in [1.54, 1.807) is 24.3 Å². The molecule has 21 heavy (non-hydrogen) atoms. The third-order valence-corrected chi connectivity index (χ3v) is 2.66. The fourth-order valence-electron chi connectivity index (χ4n) is 1.64. The van der Waals surface area contributed by atoms with Gasteiger partial charge in [-0.2, -0.15) is 0 Å². The van der Waals surface area contributed by atoms with Gasteiger partial charge >= 0.3 is 0 Å². The van der Waals surface area contributed by atoms with Crippen LogP contribution in [0.5, 0.6) is 0 Å². The van der Waals surface area contributed by atoms with E-state index in [1.165, 1.54) is 6.07 Å². The first-order valence-electron chi connectivity index (χ1n) is 6.15. The van der Waals surface area contributed by atoms with Crippen molar-refractivity contribution >= 4 is 11.6 Å². The molecule has 0 heterocycles. The molecule has 0 aliphatic carbocycles. The Bertz CT molecular complexity index is 715. The van der Waals surface area contributed by atoms with Crippen LogP contribution in [0.15, 0.2) is 42.5 Å². The lowest BCUT2D eigenvalue weighted by molar-refractivity contribution is 0.102. The molecule has 0 radical (unpaired) electrons. The van der Waals surface area contributed by atoms with Crippen molar-refractivity contribution in [3.63, 3.8) is 0 Å². The van der Waals surface area contributed by atoms with E-state index in [0.29, 0.717) is 11.6 Å². The van der Waals surface area contributed by atoms with E-state index in [-0.39, 0.29) is 12.2 Å². The van der Waals surface area contributed by atoms with Gasteiger partial charge < -0.3 is 11.1 Å². The molecule has 2 aromatic carbocycles. The third-order valence-electron chi connectivity index (χ3n) is 2.66. The quantitative estimate of drug-likeness (QED) is 0.834. The first-order chi connectivity index (χ1) is 10.1. The largest absolute Gasteiger partial charge is 0.320 e. The lowest BCUT2D eigenvalue weighted by Crippen LogP contribution is -2.13. The minimum atomic E-state index is -0.825. The van der Waals surface area contributed by atoms with Crippen molar-refractivity contribution in [2.45, 2.75) is 0 Å². The van der Waals surface area contributed by atoms with Crippen LogP contribution in [0, 0.1) is 23.5 Å². The maximum absolute atomic E-state index is 13.4. The van der Waals surface area contributed by atoms with Crippen LogP contribution in [0.25, 0.3) is 0 Å². The standard InChI is InChI=1S/C16H12F2N2O/c17-13-7-8-15(14(18)10-13)20-16(21)12-5-3-11(4-6-12)2-1-9-19/h3-8,10H,9,19H2,(H,20,21). The normalized spacial score (nSPS) is 9.67.